The molecule has 0 saturated carbocycles. The summed E-state index contributed by atoms with van der Waals surface area (Å²) in [5.41, 5.74) is 1.64. The Bertz CT molecular complexity index is 446. The fourth-order valence-corrected chi connectivity index (χ4v) is 1.33. The van der Waals surface area contributed by atoms with Crippen molar-refractivity contribution in [1.29, 1.82) is 5.26 Å². The van der Waals surface area contributed by atoms with Crippen molar-refractivity contribution < 1.29 is 9.53 Å². The average molecular weight is 244 g/mol. The Morgan fingerprint density at radius 2 is 2.17 bits per heavy atom. The van der Waals surface area contributed by atoms with Crippen molar-refractivity contribution in [3.63, 3.8) is 0 Å². The van der Waals surface area contributed by atoms with Crippen LogP contribution in [0.4, 0.5) is 0 Å². The van der Waals surface area contributed by atoms with Gasteiger partial charge in [0.25, 0.3) is 0 Å². The van der Waals surface area contributed by atoms with Crippen molar-refractivity contribution in [3.8, 4) is 6.07 Å². The van der Waals surface area contributed by atoms with E-state index in [0.717, 1.165) is 5.56 Å². The summed E-state index contributed by atoms with van der Waals surface area (Å²) in [6.45, 7) is 4.89. The second-order valence-corrected chi connectivity index (χ2v) is 3.83. The quantitative estimate of drug-likeness (QED) is 0.565. The molecule has 1 aromatic rings. The van der Waals surface area contributed by atoms with E-state index < -0.39 is 0 Å². The van der Waals surface area contributed by atoms with E-state index in [1.54, 1.807) is 24.1 Å². The van der Waals surface area contributed by atoms with Crippen LogP contribution in [0.3, 0.4) is 0 Å². The smallest absolute Gasteiger partial charge is 0.245 e. The van der Waals surface area contributed by atoms with Crippen molar-refractivity contribution in [3.05, 3.63) is 48.0 Å². The van der Waals surface area contributed by atoms with E-state index in [-0.39, 0.29) is 5.91 Å². The van der Waals surface area contributed by atoms with Gasteiger partial charge in [-0.2, -0.15) is 5.26 Å². The second-order valence-electron chi connectivity index (χ2n) is 3.83. The summed E-state index contributed by atoms with van der Waals surface area (Å²) in [5, 5.41) is 8.65. The third kappa shape index (κ3) is 4.40. The van der Waals surface area contributed by atoms with Crippen LogP contribution in [0.1, 0.15) is 11.1 Å². The third-order valence-electron chi connectivity index (χ3n) is 2.47. The monoisotopic (exact) mass is 244 g/mol. The van der Waals surface area contributed by atoms with E-state index in [1.165, 1.54) is 6.08 Å². The van der Waals surface area contributed by atoms with E-state index in [4.69, 9.17) is 10.00 Å². The molecule has 0 atom stereocenters. The van der Waals surface area contributed by atoms with Crippen LogP contribution < -0.4 is 0 Å². The molecule has 0 fully saturated rings. The highest BCUT2D eigenvalue weighted by Gasteiger charge is 2.03. The molecule has 0 heterocycles. The van der Waals surface area contributed by atoms with E-state index in [2.05, 4.69) is 12.6 Å². The molecule has 18 heavy (non-hydrogen) atoms. The van der Waals surface area contributed by atoms with Crippen LogP contribution in [0, 0.1) is 11.3 Å². The zero-order chi connectivity index (χ0) is 13.4. The van der Waals surface area contributed by atoms with Crippen LogP contribution in [0.25, 0.3) is 0 Å². The fourth-order valence-electron chi connectivity index (χ4n) is 1.33. The van der Waals surface area contributed by atoms with Crippen molar-refractivity contribution >= 4 is 5.91 Å². The summed E-state index contributed by atoms with van der Waals surface area (Å²) in [4.78, 5) is 12.7. The first kappa shape index (κ1) is 13.9. The Balaban J connectivity index is 2.27. The van der Waals surface area contributed by atoms with Gasteiger partial charge in [-0.3, -0.25) is 4.79 Å². The van der Waals surface area contributed by atoms with Gasteiger partial charge >= 0.3 is 0 Å². The minimum absolute atomic E-state index is 0.114. The first-order chi connectivity index (χ1) is 8.67. The number of benzene rings is 1. The largest absolute Gasteiger partial charge is 0.375 e. The van der Waals surface area contributed by atoms with Crippen LogP contribution in [0.15, 0.2) is 36.9 Å². The number of likely N-dealkylation sites (N-methyl/N-ethyl adjacent to an activating group) is 1. The summed E-state index contributed by atoms with van der Waals surface area (Å²) in [6.07, 6.45) is 1.28. The Hall–Kier alpha value is -2.12. The van der Waals surface area contributed by atoms with Crippen molar-refractivity contribution in [2.24, 2.45) is 0 Å². The molecule has 4 heteroatoms. The number of ether oxygens (including phenoxy) is 1. The minimum Gasteiger partial charge on any atom is -0.375 e. The molecule has 0 aliphatic heterocycles. The number of carbonyl (C=O) groups excluding carboxylic acids is 1. The molecule has 1 amide bonds. The number of carbonyl (C=O) groups is 1. The van der Waals surface area contributed by atoms with Gasteiger partial charge in [-0.1, -0.05) is 18.7 Å². The van der Waals surface area contributed by atoms with Gasteiger partial charge in [0.1, 0.15) is 0 Å². The van der Waals surface area contributed by atoms with Crippen LogP contribution in [-0.4, -0.2) is 31.0 Å². The highest BCUT2D eigenvalue weighted by atomic mass is 16.5. The van der Waals surface area contributed by atoms with Gasteiger partial charge in [0, 0.05) is 13.6 Å². The topological polar surface area (TPSA) is 53.3 Å². The standard InChI is InChI=1S/C14H16N2O2/c1-3-14(17)16(2)8-9-18-11-13-6-4-12(10-15)5-7-13/h3-7H,1,8-9,11H2,2H3. The summed E-state index contributed by atoms with van der Waals surface area (Å²) in [7, 11) is 1.70. The lowest BCUT2D eigenvalue weighted by atomic mass is 10.2. The summed E-state index contributed by atoms with van der Waals surface area (Å²) < 4.78 is 5.45. The molecule has 4 nitrogen and oxygen atoms in total. The van der Waals surface area contributed by atoms with Gasteiger partial charge in [0.05, 0.1) is 24.8 Å². The lowest BCUT2D eigenvalue weighted by Gasteiger charge is -2.14. The van der Waals surface area contributed by atoms with E-state index >= 15 is 0 Å². The zero-order valence-electron chi connectivity index (χ0n) is 10.4. The molecular weight excluding hydrogens is 228 g/mol. The number of hydrogen-bond donors (Lipinski definition) is 0. The summed E-state index contributed by atoms with van der Waals surface area (Å²) in [5.74, 6) is -0.114. The first-order valence-electron chi connectivity index (χ1n) is 5.61. The van der Waals surface area contributed by atoms with Gasteiger partial charge < -0.3 is 9.64 Å². The SMILES string of the molecule is C=CC(=O)N(C)CCOCc1ccc(C#N)cc1. The van der Waals surface area contributed by atoms with E-state index in [0.29, 0.717) is 25.3 Å². The Labute approximate surface area is 107 Å². The molecule has 94 valence electrons. The molecule has 0 unspecified atom stereocenters. The predicted molar refractivity (Wildman–Crippen MR) is 68.6 cm³/mol. The van der Waals surface area contributed by atoms with Gasteiger partial charge in [-0.05, 0) is 23.8 Å². The molecule has 0 bridgehead atoms. The Morgan fingerprint density at radius 1 is 1.50 bits per heavy atom. The van der Waals surface area contributed by atoms with Crippen LogP contribution in [0.2, 0.25) is 0 Å². The average Bonchev–Trinajstić information content (AvgIpc) is 2.43. The molecule has 1 rings (SSSR count). The minimum atomic E-state index is -0.114. The van der Waals surface area contributed by atoms with Gasteiger partial charge in [0.2, 0.25) is 5.91 Å². The van der Waals surface area contributed by atoms with Crippen molar-refractivity contribution in [1.82, 2.24) is 4.90 Å². The van der Waals surface area contributed by atoms with Crippen molar-refractivity contribution in [2.75, 3.05) is 20.2 Å². The van der Waals surface area contributed by atoms with Gasteiger partial charge in [-0.15, -0.1) is 0 Å². The lowest BCUT2D eigenvalue weighted by Crippen LogP contribution is -2.28. The lowest BCUT2D eigenvalue weighted by molar-refractivity contribution is -0.125. The summed E-state index contributed by atoms with van der Waals surface area (Å²) >= 11 is 0. The zero-order valence-corrected chi connectivity index (χ0v) is 10.4. The second kappa shape index (κ2) is 7.25. The Kier molecular flexibility index (Phi) is 5.62. The maximum atomic E-state index is 11.2. The maximum Gasteiger partial charge on any atom is 0.245 e. The third-order valence-corrected chi connectivity index (χ3v) is 2.47. The Morgan fingerprint density at radius 3 is 2.72 bits per heavy atom. The number of hydrogen-bond acceptors (Lipinski definition) is 3. The number of nitriles is 1. The molecule has 0 aliphatic carbocycles. The highest BCUT2D eigenvalue weighted by Crippen LogP contribution is 2.04. The first-order valence-corrected chi connectivity index (χ1v) is 5.61. The molecule has 0 radical (unpaired) electrons. The van der Waals surface area contributed by atoms with Crippen LogP contribution >= 0.6 is 0 Å². The number of amides is 1. The number of nitrogens with zero attached hydrogens (tertiary/aromatic N) is 2. The normalized spacial score (nSPS) is 9.56. The summed E-state index contributed by atoms with van der Waals surface area (Å²) in [6, 6.07) is 9.29. The van der Waals surface area contributed by atoms with Gasteiger partial charge in [0.15, 0.2) is 0 Å². The predicted octanol–water partition coefficient (Wildman–Crippen LogP) is 1.72. The highest BCUT2D eigenvalue weighted by molar-refractivity contribution is 5.86. The van der Waals surface area contributed by atoms with E-state index in [1.807, 2.05) is 12.1 Å². The maximum absolute atomic E-state index is 11.2. The molecule has 0 N–H and O–H groups in total. The van der Waals surface area contributed by atoms with Crippen molar-refractivity contribution in [2.45, 2.75) is 6.61 Å². The molecular formula is C14H16N2O2. The van der Waals surface area contributed by atoms with Crippen LogP contribution in [-0.2, 0) is 16.1 Å². The molecule has 0 spiro atoms. The van der Waals surface area contributed by atoms with E-state index in [9.17, 15) is 4.79 Å². The van der Waals surface area contributed by atoms with Crippen LogP contribution in [0.5, 0.6) is 0 Å². The molecule has 0 aromatic heterocycles. The molecule has 0 aliphatic rings. The number of rotatable bonds is 6. The molecule has 1 aromatic carbocycles. The fraction of sp³-hybridized carbons (Fsp3) is 0.286. The molecule has 0 saturated heterocycles. The van der Waals surface area contributed by atoms with Gasteiger partial charge in [-0.25, -0.2) is 0 Å².